The van der Waals surface area contributed by atoms with Crippen LogP contribution >= 0.6 is 0 Å². The Morgan fingerprint density at radius 1 is 1.12 bits per heavy atom. The number of amides is 1. The summed E-state index contributed by atoms with van der Waals surface area (Å²) in [5, 5.41) is 6.43. The zero-order valence-electron chi connectivity index (χ0n) is 19.2. The fraction of sp³-hybridized carbons (Fsp3) is 0.444. The van der Waals surface area contributed by atoms with E-state index in [1.165, 1.54) is 17.7 Å². The van der Waals surface area contributed by atoms with Crippen molar-refractivity contribution in [2.45, 2.75) is 50.9 Å². The first-order valence-electron chi connectivity index (χ1n) is 11.8. The van der Waals surface area contributed by atoms with Gasteiger partial charge in [0.1, 0.15) is 5.82 Å². The Kier molecular flexibility index (Phi) is 6.08. The van der Waals surface area contributed by atoms with Crippen LogP contribution in [-0.4, -0.2) is 37.4 Å². The summed E-state index contributed by atoms with van der Waals surface area (Å²) < 4.78 is 25.6. The van der Waals surface area contributed by atoms with E-state index in [1.54, 1.807) is 6.07 Å². The number of ether oxygens (including phenoxy) is 2. The van der Waals surface area contributed by atoms with Crippen molar-refractivity contribution in [3.63, 3.8) is 0 Å². The van der Waals surface area contributed by atoms with Crippen molar-refractivity contribution in [3.8, 4) is 0 Å². The Balaban J connectivity index is 1.29. The van der Waals surface area contributed by atoms with E-state index in [4.69, 9.17) is 9.47 Å². The van der Waals surface area contributed by atoms with Gasteiger partial charge >= 0.3 is 0 Å². The largest absolute Gasteiger partial charge is 0.381 e. The molecule has 3 heterocycles. The molecule has 0 bridgehead atoms. The highest BCUT2D eigenvalue weighted by molar-refractivity contribution is 6.03. The van der Waals surface area contributed by atoms with Crippen molar-refractivity contribution < 1.29 is 18.7 Å². The predicted molar refractivity (Wildman–Crippen MR) is 126 cm³/mol. The molecular formula is C27H31FN2O3. The summed E-state index contributed by atoms with van der Waals surface area (Å²) in [5.41, 5.74) is 4.13. The lowest BCUT2D eigenvalue weighted by Crippen LogP contribution is -2.30. The lowest BCUT2D eigenvalue weighted by atomic mass is 9.90. The average Bonchev–Trinajstić information content (AvgIpc) is 3.29. The second-order valence-electron chi connectivity index (χ2n) is 9.76. The summed E-state index contributed by atoms with van der Waals surface area (Å²) in [5.74, 6) is -0.360. The van der Waals surface area contributed by atoms with Gasteiger partial charge in [0.2, 0.25) is 5.91 Å². The Bertz CT molecular complexity index is 1060. The van der Waals surface area contributed by atoms with Crippen LogP contribution in [0.1, 0.15) is 49.3 Å². The number of carbonyl (C=O) groups excluding carboxylic acids is 1. The lowest BCUT2D eigenvalue weighted by Gasteiger charge is -2.26. The van der Waals surface area contributed by atoms with Crippen LogP contribution in [-0.2, 0) is 20.8 Å². The van der Waals surface area contributed by atoms with E-state index >= 15 is 0 Å². The quantitative estimate of drug-likeness (QED) is 0.673. The molecule has 33 heavy (non-hydrogen) atoms. The van der Waals surface area contributed by atoms with Gasteiger partial charge in [-0.3, -0.25) is 4.79 Å². The van der Waals surface area contributed by atoms with Crippen molar-refractivity contribution >= 4 is 17.2 Å². The van der Waals surface area contributed by atoms with E-state index in [1.807, 2.05) is 19.9 Å². The highest BCUT2D eigenvalue weighted by Gasteiger charge is 2.44. The van der Waals surface area contributed by atoms with Crippen LogP contribution in [0.25, 0.3) is 5.57 Å². The van der Waals surface area contributed by atoms with Gasteiger partial charge in [0.15, 0.2) is 0 Å². The lowest BCUT2D eigenvalue weighted by molar-refractivity contribution is -0.120. The Morgan fingerprint density at radius 3 is 2.64 bits per heavy atom. The van der Waals surface area contributed by atoms with E-state index < -0.39 is 17.6 Å². The van der Waals surface area contributed by atoms with Crippen molar-refractivity contribution in [3.05, 3.63) is 71.0 Å². The monoisotopic (exact) mass is 450 g/mol. The molecule has 174 valence electrons. The molecule has 6 heteroatoms. The number of carbonyl (C=O) groups is 1. The summed E-state index contributed by atoms with van der Waals surface area (Å²) in [7, 11) is 0. The van der Waals surface area contributed by atoms with Gasteiger partial charge in [0, 0.05) is 25.4 Å². The molecule has 0 spiro atoms. The summed E-state index contributed by atoms with van der Waals surface area (Å²) >= 11 is 0. The SMILES string of the molecule is CC1(C)OC(C2C(=O)Nc3ccc(F)cc32)C=C1c1ccc(CNCC2CCOCC2)cc1. The molecule has 0 aliphatic carbocycles. The van der Waals surface area contributed by atoms with Crippen molar-refractivity contribution in [2.24, 2.45) is 5.92 Å². The predicted octanol–water partition coefficient (Wildman–Crippen LogP) is 4.64. The Labute approximate surface area is 194 Å². The summed E-state index contributed by atoms with van der Waals surface area (Å²) in [4.78, 5) is 12.7. The van der Waals surface area contributed by atoms with Gasteiger partial charge in [-0.2, -0.15) is 0 Å². The molecule has 2 N–H and O–H groups in total. The van der Waals surface area contributed by atoms with Crippen LogP contribution < -0.4 is 10.6 Å². The first kappa shape index (κ1) is 22.3. The van der Waals surface area contributed by atoms with Crippen LogP contribution in [0.3, 0.4) is 0 Å². The van der Waals surface area contributed by atoms with Crippen molar-refractivity contribution in [1.29, 1.82) is 0 Å². The molecule has 2 atom stereocenters. The third kappa shape index (κ3) is 4.60. The zero-order valence-corrected chi connectivity index (χ0v) is 19.2. The number of hydrogen-bond acceptors (Lipinski definition) is 4. The van der Waals surface area contributed by atoms with Crippen LogP contribution in [0.15, 0.2) is 48.5 Å². The number of hydrogen-bond donors (Lipinski definition) is 2. The summed E-state index contributed by atoms with van der Waals surface area (Å²) in [6.45, 7) is 7.63. The molecule has 2 aromatic carbocycles. The van der Waals surface area contributed by atoms with Gasteiger partial charge in [-0.15, -0.1) is 0 Å². The summed E-state index contributed by atoms with van der Waals surface area (Å²) in [6, 6.07) is 12.9. The maximum absolute atomic E-state index is 13.9. The molecule has 3 aliphatic heterocycles. The van der Waals surface area contributed by atoms with E-state index in [2.05, 4.69) is 34.9 Å². The number of anilines is 1. The van der Waals surface area contributed by atoms with E-state index in [-0.39, 0.29) is 11.7 Å². The number of halogens is 1. The van der Waals surface area contributed by atoms with Crippen molar-refractivity contribution in [1.82, 2.24) is 5.32 Å². The second-order valence-corrected chi connectivity index (χ2v) is 9.76. The second kappa shape index (κ2) is 9.01. The Morgan fingerprint density at radius 2 is 1.88 bits per heavy atom. The summed E-state index contributed by atoms with van der Waals surface area (Å²) in [6.07, 6.45) is 3.85. The molecule has 1 saturated heterocycles. The van der Waals surface area contributed by atoms with Crippen LogP contribution in [0.5, 0.6) is 0 Å². The molecule has 5 rings (SSSR count). The standard InChI is InChI=1S/C27H31FN2O3/c1-27(2)22(14-24(33-27)25-21-13-20(28)7-8-23(21)30-26(25)31)19-5-3-17(4-6-19)15-29-16-18-9-11-32-12-10-18/h3-8,13-14,18,24-25,29H,9-12,15-16H2,1-2H3,(H,30,31). The van der Waals surface area contributed by atoms with Gasteiger partial charge in [-0.1, -0.05) is 24.3 Å². The molecule has 3 aliphatic rings. The molecule has 2 unspecified atom stereocenters. The van der Waals surface area contributed by atoms with E-state index in [0.717, 1.165) is 50.3 Å². The minimum atomic E-state index is -0.555. The van der Waals surface area contributed by atoms with Gasteiger partial charge in [-0.05, 0) is 85.7 Å². The normalized spacial score (nSPS) is 24.5. The van der Waals surface area contributed by atoms with E-state index in [0.29, 0.717) is 17.2 Å². The van der Waals surface area contributed by atoms with Crippen molar-refractivity contribution in [2.75, 3.05) is 25.1 Å². The molecule has 2 aromatic rings. The third-order valence-corrected chi connectivity index (χ3v) is 7.00. The average molecular weight is 451 g/mol. The maximum atomic E-state index is 13.9. The van der Waals surface area contributed by atoms with Gasteiger partial charge < -0.3 is 20.1 Å². The van der Waals surface area contributed by atoms with Gasteiger partial charge in [0.05, 0.1) is 17.6 Å². The first-order valence-corrected chi connectivity index (χ1v) is 11.8. The molecular weight excluding hydrogens is 419 g/mol. The first-order chi connectivity index (χ1) is 15.9. The fourth-order valence-electron chi connectivity index (χ4n) is 5.17. The Hall–Kier alpha value is -2.54. The maximum Gasteiger partial charge on any atom is 0.234 e. The zero-order chi connectivity index (χ0) is 23.0. The van der Waals surface area contributed by atoms with Crippen LogP contribution in [0.2, 0.25) is 0 Å². The smallest absolute Gasteiger partial charge is 0.234 e. The van der Waals surface area contributed by atoms with E-state index in [9.17, 15) is 9.18 Å². The molecule has 5 nitrogen and oxygen atoms in total. The third-order valence-electron chi connectivity index (χ3n) is 7.00. The number of benzene rings is 2. The number of fused-ring (bicyclic) bond motifs is 1. The molecule has 0 saturated carbocycles. The topological polar surface area (TPSA) is 59.6 Å². The molecule has 1 amide bonds. The van der Waals surface area contributed by atoms with Gasteiger partial charge in [-0.25, -0.2) is 4.39 Å². The minimum absolute atomic E-state index is 0.153. The molecule has 1 fully saturated rings. The highest BCUT2D eigenvalue weighted by Crippen LogP contribution is 2.45. The highest BCUT2D eigenvalue weighted by atomic mass is 19.1. The van der Waals surface area contributed by atoms with Gasteiger partial charge in [0.25, 0.3) is 0 Å². The number of rotatable bonds is 6. The minimum Gasteiger partial charge on any atom is -0.381 e. The van der Waals surface area contributed by atoms with Crippen LogP contribution in [0, 0.1) is 11.7 Å². The van der Waals surface area contributed by atoms with Crippen LogP contribution in [0.4, 0.5) is 10.1 Å². The fourth-order valence-corrected chi connectivity index (χ4v) is 5.17. The molecule has 0 aromatic heterocycles. The molecule has 0 radical (unpaired) electrons. The number of nitrogens with one attached hydrogen (secondary N) is 2.